The van der Waals surface area contributed by atoms with E-state index in [2.05, 4.69) is 10.6 Å². The molecular formula is C31H34N4O6. The Bertz CT molecular complexity index is 1380. The van der Waals surface area contributed by atoms with Gasteiger partial charge in [-0.05, 0) is 61.7 Å². The molecule has 0 aliphatic carbocycles. The molecule has 10 heteroatoms. The zero-order valence-electron chi connectivity index (χ0n) is 23.2. The maximum Gasteiger partial charge on any atom is 0.408 e. The first-order chi connectivity index (χ1) is 19.5. The quantitative estimate of drug-likeness (QED) is 0.275. The summed E-state index contributed by atoms with van der Waals surface area (Å²) in [5.74, 6) is -1.39. The predicted molar refractivity (Wildman–Crippen MR) is 151 cm³/mol. The Labute approximate surface area is 239 Å². The van der Waals surface area contributed by atoms with Gasteiger partial charge in [-0.2, -0.15) is 5.26 Å². The SMILES string of the molecule is CC(C)(C)OC(=O)NC(Cc1ccc(O)cc1)C(=O)N(CC#N)C(C(=O)NCc1ccccc1)c1cccc(O)c1. The van der Waals surface area contributed by atoms with Crippen LogP contribution < -0.4 is 10.6 Å². The fourth-order valence-electron chi connectivity index (χ4n) is 4.14. The molecule has 2 unspecified atom stereocenters. The summed E-state index contributed by atoms with van der Waals surface area (Å²) in [7, 11) is 0. The van der Waals surface area contributed by atoms with E-state index >= 15 is 0 Å². The van der Waals surface area contributed by atoms with Crippen LogP contribution in [0.5, 0.6) is 11.5 Å². The summed E-state index contributed by atoms with van der Waals surface area (Å²) in [6, 6.07) is 20.6. The van der Waals surface area contributed by atoms with E-state index in [9.17, 15) is 29.9 Å². The molecule has 3 amide bonds. The second kappa shape index (κ2) is 13.8. The first kappa shape index (κ1) is 30.5. The van der Waals surface area contributed by atoms with Crippen LogP contribution in [0.15, 0.2) is 78.9 Å². The third-order valence-electron chi connectivity index (χ3n) is 5.94. The third kappa shape index (κ3) is 9.28. The largest absolute Gasteiger partial charge is 0.508 e. The second-order valence-electron chi connectivity index (χ2n) is 10.4. The van der Waals surface area contributed by atoms with Crippen LogP contribution in [0.2, 0.25) is 0 Å². The van der Waals surface area contributed by atoms with Gasteiger partial charge < -0.3 is 30.5 Å². The van der Waals surface area contributed by atoms with Crippen LogP contribution in [0.3, 0.4) is 0 Å². The Balaban J connectivity index is 1.99. The predicted octanol–water partition coefficient (Wildman–Crippen LogP) is 3.94. The van der Waals surface area contributed by atoms with Crippen LogP contribution in [0.4, 0.5) is 4.79 Å². The van der Waals surface area contributed by atoms with Crippen LogP contribution >= 0.6 is 0 Å². The number of amides is 3. The zero-order valence-corrected chi connectivity index (χ0v) is 23.2. The monoisotopic (exact) mass is 558 g/mol. The van der Waals surface area contributed by atoms with Crippen molar-refractivity contribution in [1.29, 1.82) is 5.26 Å². The highest BCUT2D eigenvalue weighted by Crippen LogP contribution is 2.26. The Kier molecular flexibility index (Phi) is 10.3. The number of hydrogen-bond donors (Lipinski definition) is 4. The minimum atomic E-state index is -1.30. The van der Waals surface area contributed by atoms with Gasteiger partial charge in [0.1, 0.15) is 35.7 Å². The molecule has 0 fully saturated rings. The molecule has 3 aromatic rings. The van der Waals surface area contributed by atoms with Gasteiger partial charge in [0.2, 0.25) is 11.8 Å². The molecule has 4 N–H and O–H groups in total. The molecule has 0 spiro atoms. The highest BCUT2D eigenvalue weighted by Gasteiger charge is 2.36. The van der Waals surface area contributed by atoms with Crippen molar-refractivity contribution < 1.29 is 29.3 Å². The Hall–Kier alpha value is -5.04. The van der Waals surface area contributed by atoms with Crippen LogP contribution in [-0.2, 0) is 27.3 Å². The Morgan fingerprint density at radius 2 is 1.61 bits per heavy atom. The van der Waals surface area contributed by atoms with E-state index in [0.717, 1.165) is 10.5 Å². The molecule has 214 valence electrons. The molecule has 0 bridgehead atoms. The van der Waals surface area contributed by atoms with Gasteiger partial charge in [0.05, 0.1) is 6.07 Å². The minimum Gasteiger partial charge on any atom is -0.508 e. The summed E-state index contributed by atoms with van der Waals surface area (Å²) in [4.78, 5) is 41.6. The number of phenols is 2. The van der Waals surface area contributed by atoms with Gasteiger partial charge in [0, 0.05) is 13.0 Å². The van der Waals surface area contributed by atoms with Crippen molar-refractivity contribution in [2.24, 2.45) is 0 Å². The number of aromatic hydroxyl groups is 2. The molecule has 3 aromatic carbocycles. The number of nitrogens with one attached hydrogen (secondary N) is 2. The molecule has 0 aliphatic rings. The molecule has 0 radical (unpaired) electrons. The van der Waals surface area contributed by atoms with Crippen LogP contribution in [-0.4, -0.2) is 51.2 Å². The lowest BCUT2D eigenvalue weighted by atomic mass is 10.00. The smallest absolute Gasteiger partial charge is 0.408 e. The third-order valence-corrected chi connectivity index (χ3v) is 5.94. The maximum atomic E-state index is 14.1. The van der Waals surface area contributed by atoms with E-state index in [4.69, 9.17) is 4.74 Å². The van der Waals surface area contributed by atoms with Gasteiger partial charge in [-0.3, -0.25) is 9.59 Å². The molecule has 0 saturated carbocycles. The topological polar surface area (TPSA) is 152 Å². The Morgan fingerprint density at radius 3 is 2.22 bits per heavy atom. The summed E-state index contributed by atoms with van der Waals surface area (Å²) < 4.78 is 5.37. The molecule has 2 atom stereocenters. The van der Waals surface area contributed by atoms with E-state index in [1.807, 2.05) is 36.4 Å². The molecule has 3 rings (SSSR count). The molecule has 41 heavy (non-hydrogen) atoms. The molecule has 0 saturated heterocycles. The highest BCUT2D eigenvalue weighted by molar-refractivity contribution is 5.92. The van der Waals surface area contributed by atoms with Gasteiger partial charge >= 0.3 is 6.09 Å². The van der Waals surface area contributed by atoms with Gasteiger partial charge in [0.15, 0.2) is 0 Å². The van der Waals surface area contributed by atoms with Crippen molar-refractivity contribution in [3.05, 3.63) is 95.6 Å². The number of benzene rings is 3. The number of alkyl carbamates (subject to hydrolysis) is 1. The number of phenolic OH excluding ortho intramolecular Hbond substituents is 2. The maximum absolute atomic E-state index is 14.1. The van der Waals surface area contributed by atoms with Crippen molar-refractivity contribution in [2.75, 3.05) is 6.54 Å². The summed E-state index contributed by atoms with van der Waals surface area (Å²) in [6.07, 6.45) is -0.868. The fraction of sp³-hybridized carbons (Fsp3) is 0.290. The summed E-state index contributed by atoms with van der Waals surface area (Å²) in [5, 5.41) is 34.9. The molecule has 0 aliphatic heterocycles. The highest BCUT2D eigenvalue weighted by atomic mass is 16.6. The lowest BCUT2D eigenvalue weighted by Gasteiger charge is -2.33. The summed E-state index contributed by atoms with van der Waals surface area (Å²) >= 11 is 0. The van der Waals surface area contributed by atoms with Crippen LogP contribution in [0.1, 0.15) is 43.5 Å². The van der Waals surface area contributed by atoms with E-state index in [0.29, 0.717) is 5.56 Å². The first-order valence-corrected chi connectivity index (χ1v) is 13.0. The van der Waals surface area contributed by atoms with E-state index in [1.165, 1.54) is 30.3 Å². The lowest BCUT2D eigenvalue weighted by molar-refractivity contribution is -0.141. The number of rotatable bonds is 10. The average Bonchev–Trinajstić information content (AvgIpc) is 2.91. The minimum absolute atomic E-state index is 0.0152. The van der Waals surface area contributed by atoms with E-state index < -0.39 is 42.1 Å². The van der Waals surface area contributed by atoms with Crippen LogP contribution in [0.25, 0.3) is 0 Å². The summed E-state index contributed by atoms with van der Waals surface area (Å²) in [5.41, 5.74) is 0.867. The molecular weight excluding hydrogens is 524 g/mol. The molecule has 0 aromatic heterocycles. The second-order valence-corrected chi connectivity index (χ2v) is 10.4. The van der Waals surface area contributed by atoms with Gasteiger partial charge in [-0.1, -0.05) is 54.6 Å². The average molecular weight is 559 g/mol. The van der Waals surface area contributed by atoms with Crippen molar-refractivity contribution in [1.82, 2.24) is 15.5 Å². The van der Waals surface area contributed by atoms with E-state index in [1.54, 1.807) is 39.0 Å². The number of carbonyl (C=O) groups excluding carboxylic acids is 3. The number of carbonyl (C=O) groups is 3. The number of hydrogen-bond acceptors (Lipinski definition) is 7. The molecule has 0 heterocycles. The number of ether oxygens (including phenoxy) is 1. The van der Waals surface area contributed by atoms with Gasteiger partial charge in [0.25, 0.3) is 0 Å². The zero-order chi connectivity index (χ0) is 30.0. The standard InChI is InChI=1S/C31H34N4O6/c1-31(2,3)41-30(40)34-26(18-21-12-14-24(36)15-13-21)29(39)35(17-16-32)27(23-10-7-11-25(37)19-23)28(38)33-20-22-8-5-4-6-9-22/h4-15,19,26-27,36-37H,17-18,20H2,1-3H3,(H,33,38)(H,34,40). The lowest BCUT2D eigenvalue weighted by Crippen LogP contribution is -2.53. The van der Waals surface area contributed by atoms with Crippen LogP contribution in [0, 0.1) is 11.3 Å². The van der Waals surface area contributed by atoms with Crippen molar-refractivity contribution in [2.45, 2.75) is 51.4 Å². The first-order valence-electron chi connectivity index (χ1n) is 13.0. The number of nitrogens with zero attached hydrogens (tertiary/aromatic N) is 2. The number of nitriles is 1. The van der Waals surface area contributed by atoms with Crippen molar-refractivity contribution in [3.8, 4) is 17.6 Å². The normalized spacial score (nSPS) is 12.3. The Morgan fingerprint density at radius 1 is 0.927 bits per heavy atom. The van der Waals surface area contributed by atoms with Gasteiger partial charge in [-0.25, -0.2) is 4.79 Å². The van der Waals surface area contributed by atoms with Crippen molar-refractivity contribution >= 4 is 17.9 Å². The fourth-order valence-corrected chi connectivity index (χ4v) is 4.14. The summed E-state index contributed by atoms with van der Waals surface area (Å²) in [6.45, 7) is 4.72. The van der Waals surface area contributed by atoms with Crippen molar-refractivity contribution in [3.63, 3.8) is 0 Å². The van der Waals surface area contributed by atoms with Gasteiger partial charge in [-0.15, -0.1) is 0 Å². The van der Waals surface area contributed by atoms with E-state index in [-0.39, 0.29) is 30.0 Å². The molecule has 10 nitrogen and oxygen atoms in total.